The van der Waals surface area contributed by atoms with Gasteiger partial charge in [0.15, 0.2) is 11.6 Å². The average molecular weight is 800 g/mol. The van der Waals surface area contributed by atoms with Crippen molar-refractivity contribution in [3.8, 4) is 22.3 Å². The summed E-state index contributed by atoms with van der Waals surface area (Å²) in [4.78, 5) is 82.0. The van der Waals surface area contributed by atoms with Crippen molar-refractivity contribution in [2.75, 3.05) is 13.6 Å². The van der Waals surface area contributed by atoms with Crippen molar-refractivity contribution < 1.29 is 33.9 Å². The quantitative estimate of drug-likeness (QED) is 0.0716. The van der Waals surface area contributed by atoms with Gasteiger partial charge in [-0.1, -0.05) is 118 Å². The maximum atomic E-state index is 14.4. The van der Waals surface area contributed by atoms with E-state index in [-0.39, 0.29) is 55.4 Å². The second-order valence-electron chi connectivity index (χ2n) is 15.9. The monoisotopic (exact) mass is 799 g/mol. The Hall–Kier alpha value is -5.74. The Balaban J connectivity index is 1.29. The summed E-state index contributed by atoms with van der Waals surface area (Å²) in [5, 5.41) is 12.5. The van der Waals surface area contributed by atoms with E-state index < -0.39 is 35.8 Å². The van der Waals surface area contributed by atoms with Crippen LogP contribution in [0.3, 0.4) is 0 Å². The minimum absolute atomic E-state index is 0.0448. The molecule has 10 heteroatoms. The van der Waals surface area contributed by atoms with Crippen molar-refractivity contribution in [1.82, 2.24) is 10.2 Å². The number of aliphatic carboxylic acids is 1. The molecule has 0 saturated heterocycles. The van der Waals surface area contributed by atoms with Crippen LogP contribution in [0.1, 0.15) is 105 Å². The lowest BCUT2D eigenvalue weighted by Gasteiger charge is -2.32. The zero-order chi connectivity index (χ0) is 42.5. The fraction of sp³-hybridized carbons (Fsp3) is 0.388. The van der Waals surface area contributed by atoms with Crippen molar-refractivity contribution in [2.45, 2.75) is 96.6 Å². The topological polar surface area (TPSA) is 164 Å². The standard InChI is InChI=1S/C49H57N3O7/c1-4-10-33-18-20-35(21-19-33)36-22-24-37(25-23-36)44(54)17-9-16-42(53)31-41(12-5-6-26-50)48(57)52(3)46-40-15-8-14-39(30-40)38-13-7-11-34(28-38)29-43(49(58)59)51-47(56)32(2)27-45(46)55/h7-8,11,13-15,18-25,28,30,32,41,43,46H,4-6,9-10,12,16-17,26-27,29,31,50H2,1-3H3,(H,51,56)(H,58,59)/t32-,41?,43+,46+/m1/s1. The predicted octanol–water partition coefficient (Wildman–Crippen LogP) is 7.95. The van der Waals surface area contributed by atoms with Gasteiger partial charge in [0.2, 0.25) is 11.8 Å². The highest BCUT2D eigenvalue weighted by Crippen LogP contribution is 2.32. The number of unbranched alkanes of at least 4 members (excludes halogenated alkanes) is 1. The summed E-state index contributed by atoms with van der Waals surface area (Å²) in [6, 6.07) is 28.4. The van der Waals surface area contributed by atoms with Crippen LogP contribution < -0.4 is 11.1 Å². The summed E-state index contributed by atoms with van der Waals surface area (Å²) in [6.45, 7) is 4.15. The van der Waals surface area contributed by atoms with Gasteiger partial charge in [0.1, 0.15) is 17.9 Å². The van der Waals surface area contributed by atoms with E-state index in [1.807, 2.05) is 60.7 Å². The molecule has 4 aromatic rings. The maximum absolute atomic E-state index is 14.4. The third-order valence-electron chi connectivity index (χ3n) is 11.2. The van der Waals surface area contributed by atoms with Gasteiger partial charge in [-0.2, -0.15) is 0 Å². The number of fused-ring (bicyclic) bond motifs is 5. The van der Waals surface area contributed by atoms with Crippen LogP contribution in [0.5, 0.6) is 0 Å². The highest BCUT2D eigenvalue weighted by molar-refractivity contribution is 5.97. The molecule has 0 aromatic heterocycles. The van der Waals surface area contributed by atoms with Crippen LogP contribution in [0.15, 0.2) is 97.1 Å². The molecule has 5 rings (SSSR count). The number of carbonyl (C=O) groups excluding carboxylic acids is 5. The summed E-state index contributed by atoms with van der Waals surface area (Å²) in [6.07, 6.45) is 4.23. The Morgan fingerprint density at radius 2 is 1.47 bits per heavy atom. The number of nitrogens with zero attached hydrogens (tertiary/aromatic N) is 1. The Bertz CT molecular complexity index is 2110. The molecule has 1 aliphatic rings. The van der Waals surface area contributed by atoms with Crippen LogP contribution >= 0.6 is 0 Å². The Morgan fingerprint density at radius 1 is 0.814 bits per heavy atom. The summed E-state index contributed by atoms with van der Waals surface area (Å²) < 4.78 is 0. The van der Waals surface area contributed by atoms with Gasteiger partial charge in [0, 0.05) is 56.6 Å². The highest BCUT2D eigenvalue weighted by atomic mass is 16.4. The fourth-order valence-electron chi connectivity index (χ4n) is 7.88. The van der Waals surface area contributed by atoms with Gasteiger partial charge in [-0.3, -0.25) is 24.0 Å². The van der Waals surface area contributed by atoms with E-state index in [1.165, 1.54) is 10.5 Å². The molecule has 0 fully saturated rings. The number of rotatable bonds is 17. The van der Waals surface area contributed by atoms with Crippen LogP contribution in [0, 0.1) is 11.8 Å². The summed E-state index contributed by atoms with van der Waals surface area (Å²) in [7, 11) is 1.55. The molecule has 59 heavy (non-hydrogen) atoms. The van der Waals surface area contributed by atoms with Gasteiger partial charge in [-0.15, -0.1) is 0 Å². The number of aryl methyl sites for hydroxylation is 1. The first-order valence-electron chi connectivity index (χ1n) is 20.8. The van der Waals surface area contributed by atoms with Crippen molar-refractivity contribution in [3.05, 3.63) is 119 Å². The van der Waals surface area contributed by atoms with Crippen LogP contribution in [0.25, 0.3) is 22.3 Å². The van der Waals surface area contributed by atoms with Crippen molar-refractivity contribution in [2.24, 2.45) is 17.6 Å². The molecule has 10 nitrogen and oxygen atoms in total. The Labute approximate surface area is 347 Å². The van der Waals surface area contributed by atoms with Gasteiger partial charge < -0.3 is 21.1 Å². The first kappa shape index (κ1) is 44.4. The molecule has 1 aliphatic heterocycles. The van der Waals surface area contributed by atoms with Gasteiger partial charge >= 0.3 is 5.97 Å². The third-order valence-corrected chi connectivity index (χ3v) is 11.2. The number of ketones is 3. The number of hydrogen-bond acceptors (Lipinski definition) is 7. The maximum Gasteiger partial charge on any atom is 0.326 e. The fourth-order valence-corrected chi connectivity index (χ4v) is 7.88. The van der Waals surface area contributed by atoms with E-state index in [0.29, 0.717) is 43.4 Å². The Morgan fingerprint density at radius 3 is 2.14 bits per heavy atom. The minimum atomic E-state index is -1.19. The molecule has 4 bridgehead atoms. The predicted molar refractivity (Wildman–Crippen MR) is 230 cm³/mol. The molecular weight excluding hydrogens is 743 g/mol. The first-order valence-corrected chi connectivity index (χ1v) is 20.8. The highest BCUT2D eigenvalue weighted by Gasteiger charge is 2.35. The van der Waals surface area contributed by atoms with E-state index in [1.54, 1.807) is 26.1 Å². The molecule has 0 spiro atoms. The largest absolute Gasteiger partial charge is 0.480 e. The number of nitrogens with two attached hydrogens (primary N) is 1. The molecule has 0 radical (unpaired) electrons. The van der Waals surface area contributed by atoms with E-state index in [0.717, 1.165) is 40.7 Å². The Kier molecular flexibility index (Phi) is 16.0. The molecule has 4 N–H and O–H groups in total. The number of carbonyl (C=O) groups is 6. The molecular formula is C49H57N3O7. The molecule has 1 heterocycles. The molecule has 0 aliphatic carbocycles. The number of likely N-dealkylation sites (N-methyl/N-ethyl adjacent to an activating group) is 1. The molecule has 1 unspecified atom stereocenters. The number of hydrogen-bond donors (Lipinski definition) is 3. The van der Waals surface area contributed by atoms with E-state index >= 15 is 0 Å². The SMILES string of the molecule is CCCc1ccc(-c2ccc(C(=O)CCCC(=O)CC(CCCCN)C(=O)N(C)[C@@H]3C(=O)C[C@@H](C)C(=O)N[C@H](C(=O)O)Cc4cccc(c4)-c4cccc3c4)cc2)cc1. The van der Waals surface area contributed by atoms with Crippen molar-refractivity contribution in [3.63, 3.8) is 0 Å². The second kappa shape index (κ2) is 21.3. The lowest BCUT2D eigenvalue weighted by Crippen LogP contribution is -2.45. The number of carboxylic acid groups (broad SMARTS) is 1. The van der Waals surface area contributed by atoms with Crippen LogP contribution in [-0.2, 0) is 36.8 Å². The first-order chi connectivity index (χ1) is 28.4. The van der Waals surface area contributed by atoms with Crippen molar-refractivity contribution >= 4 is 35.1 Å². The van der Waals surface area contributed by atoms with Gasteiger partial charge in [0.05, 0.1) is 0 Å². The average Bonchev–Trinajstić information content (AvgIpc) is 3.23. The second-order valence-corrected chi connectivity index (χ2v) is 15.9. The summed E-state index contributed by atoms with van der Waals surface area (Å²) in [5.74, 6) is -4.32. The zero-order valence-corrected chi connectivity index (χ0v) is 34.5. The minimum Gasteiger partial charge on any atom is -0.480 e. The van der Waals surface area contributed by atoms with Gasteiger partial charge in [0.25, 0.3) is 0 Å². The zero-order valence-electron chi connectivity index (χ0n) is 34.5. The lowest BCUT2D eigenvalue weighted by molar-refractivity contribution is -0.144. The molecule has 4 aromatic carbocycles. The number of carboxylic acids is 1. The van der Waals surface area contributed by atoms with E-state index in [4.69, 9.17) is 5.73 Å². The van der Waals surface area contributed by atoms with Crippen LogP contribution in [0.2, 0.25) is 0 Å². The summed E-state index contributed by atoms with van der Waals surface area (Å²) in [5.41, 5.74) is 12.6. The third kappa shape index (κ3) is 12.1. The number of nitrogens with one attached hydrogen (secondary N) is 1. The van der Waals surface area contributed by atoms with E-state index in [2.05, 4.69) is 36.5 Å². The molecule has 0 saturated carbocycles. The normalized spacial score (nSPS) is 17.3. The van der Waals surface area contributed by atoms with E-state index in [9.17, 15) is 33.9 Å². The number of Topliss-reactive ketones (excluding diaryl/α,β-unsaturated/α-hetero) is 3. The van der Waals surface area contributed by atoms with Crippen molar-refractivity contribution in [1.29, 1.82) is 0 Å². The molecule has 310 valence electrons. The lowest BCUT2D eigenvalue weighted by atomic mass is 9.88. The summed E-state index contributed by atoms with van der Waals surface area (Å²) >= 11 is 0. The van der Waals surface area contributed by atoms with Crippen LogP contribution in [0.4, 0.5) is 0 Å². The van der Waals surface area contributed by atoms with Gasteiger partial charge in [-0.05, 0) is 77.2 Å². The van der Waals surface area contributed by atoms with Gasteiger partial charge in [-0.25, -0.2) is 4.79 Å². The smallest absolute Gasteiger partial charge is 0.326 e. The number of benzene rings is 4. The molecule has 2 amide bonds. The van der Waals surface area contributed by atoms with Crippen LogP contribution in [-0.4, -0.2) is 64.8 Å². The molecule has 4 atom stereocenters. The number of amides is 2.